The molecule has 0 radical (unpaired) electrons. The molecule has 0 saturated heterocycles. The van der Waals surface area contributed by atoms with Gasteiger partial charge in [-0.3, -0.25) is 5.01 Å². The average molecular weight is 461 g/mol. The van der Waals surface area contributed by atoms with Crippen molar-refractivity contribution in [3.05, 3.63) is 46.9 Å². The Bertz CT molecular complexity index is 1060. The van der Waals surface area contributed by atoms with Gasteiger partial charge in [-0.2, -0.15) is 5.11 Å². The molecule has 2 heterocycles. The third kappa shape index (κ3) is 4.37. The van der Waals surface area contributed by atoms with Gasteiger partial charge in [-0.25, -0.2) is 14.4 Å². The Balaban J connectivity index is 1.59. The van der Waals surface area contributed by atoms with Crippen LogP contribution in [0.1, 0.15) is 0 Å². The van der Waals surface area contributed by atoms with Crippen molar-refractivity contribution in [2.45, 2.75) is 0 Å². The van der Waals surface area contributed by atoms with Crippen LogP contribution < -0.4 is 14.8 Å². The Kier molecular flexibility index (Phi) is 5.70. The molecule has 0 unspecified atom stereocenters. The molecule has 2 aromatic carbocycles. The van der Waals surface area contributed by atoms with Crippen LogP contribution in [0.4, 0.5) is 15.9 Å². The highest BCUT2D eigenvalue weighted by Gasteiger charge is 2.14. The van der Waals surface area contributed by atoms with Gasteiger partial charge < -0.3 is 14.8 Å². The molecule has 4 rings (SSSR count). The topological polar surface area (TPSA) is 84.2 Å². The van der Waals surface area contributed by atoms with E-state index in [1.165, 1.54) is 12.4 Å². The number of fused-ring (bicyclic) bond motifs is 1. The Hall–Kier alpha value is -3.01. The van der Waals surface area contributed by atoms with Crippen LogP contribution in [0.25, 0.3) is 10.9 Å². The van der Waals surface area contributed by atoms with E-state index < -0.39 is 5.82 Å². The minimum atomic E-state index is -0.392. The van der Waals surface area contributed by atoms with Gasteiger partial charge in [0.25, 0.3) is 0 Å². The number of methoxy groups -OCH3 is 1. The van der Waals surface area contributed by atoms with Crippen LogP contribution in [-0.2, 0) is 0 Å². The van der Waals surface area contributed by atoms with Crippen LogP contribution in [0, 0.1) is 5.82 Å². The zero-order chi connectivity index (χ0) is 20.2. The molecule has 10 heteroatoms. The summed E-state index contributed by atoms with van der Waals surface area (Å²) in [6, 6.07) is 8.33. The van der Waals surface area contributed by atoms with Crippen molar-refractivity contribution in [3.63, 3.8) is 0 Å². The average Bonchev–Trinajstić information content (AvgIpc) is 3.23. The molecule has 3 aromatic rings. The highest BCUT2D eigenvalue weighted by molar-refractivity contribution is 9.10. The van der Waals surface area contributed by atoms with E-state index in [-0.39, 0.29) is 0 Å². The largest absolute Gasteiger partial charge is 0.493 e. The van der Waals surface area contributed by atoms with Crippen molar-refractivity contribution in [2.24, 2.45) is 10.3 Å². The number of nitrogens with one attached hydrogen (secondary N) is 1. The van der Waals surface area contributed by atoms with Gasteiger partial charge in [-0.05, 0) is 24.3 Å². The monoisotopic (exact) mass is 460 g/mol. The second kappa shape index (κ2) is 8.56. The normalized spacial score (nSPS) is 13.1. The van der Waals surface area contributed by atoms with Gasteiger partial charge in [0.05, 0.1) is 37.9 Å². The standard InChI is InChI=1S/C19H18BrFN6O2/c1-28-17-9-13-16(10-18(17)29-7-6-27-5-4-24-26-27)22-11-23-19(13)25-15-3-2-12(20)8-14(15)21/h2-3,8-11H,4-7H2,1H3,(H,22,23,25). The highest BCUT2D eigenvalue weighted by Crippen LogP contribution is 2.35. The molecule has 1 aromatic heterocycles. The van der Waals surface area contributed by atoms with Crippen molar-refractivity contribution in [1.82, 2.24) is 15.0 Å². The van der Waals surface area contributed by atoms with E-state index in [2.05, 4.69) is 41.6 Å². The molecule has 0 fully saturated rings. The molecule has 0 spiro atoms. The molecule has 29 heavy (non-hydrogen) atoms. The summed E-state index contributed by atoms with van der Waals surface area (Å²) in [4.78, 5) is 8.57. The number of halogens is 2. The summed E-state index contributed by atoms with van der Waals surface area (Å²) in [6.07, 6.45) is 1.42. The molecule has 0 bridgehead atoms. The molecule has 1 aliphatic rings. The summed E-state index contributed by atoms with van der Waals surface area (Å²) in [5.41, 5.74) is 0.962. The number of nitrogens with zero attached hydrogens (tertiary/aromatic N) is 5. The fourth-order valence-electron chi connectivity index (χ4n) is 2.91. The van der Waals surface area contributed by atoms with Gasteiger partial charge in [0, 0.05) is 15.9 Å². The quantitative estimate of drug-likeness (QED) is 0.564. The molecule has 0 atom stereocenters. The number of hydrogen-bond donors (Lipinski definition) is 1. The molecule has 1 N–H and O–H groups in total. The molecule has 0 saturated carbocycles. The van der Waals surface area contributed by atoms with Crippen molar-refractivity contribution < 1.29 is 13.9 Å². The first-order valence-electron chi connectivity index (χ1n) is 8.94. The Morgan fingerprint density at radius 2 is 2.10 bits per heavy atom. The zero-order valence-electron chi connectivity index (χ0n) is 15.6. The maximum Gasteiger partial charge on any atom is 0.163 e. The first-order valence-corrected chi connectivity index (χ1v) is 9.73. The third-order valence-corrected chi connectivity index (χ3v) is 4.85. The number of rotatable bonds is 7. The number of aromatic nitrogens is 2. The fraction of sp³-hybridized carbons (Fsp3) is 0.263. The van der Waals surface area contributed by atoms with Crippen LogP contribution >= 0.6 is 15.9 Å². The summed E-state index contributed by atoms with van der Waals surface area (Å²) in [5.74, 6) is 1.18. The molecule has 8 nitrogen and oxygen atoms in total. The highest BCUT2D eigenvalue weighted by atomic mass is 79.9. The minimum absolute atomic E-state index is 0.312. The lowest BCUT2D eigenvalue weighted by Crippen LogP contribution is -2.22. The minimum Gasteiger partial charge on any atom is -0.493 e. The molecule has 0 amide bonds. The van der Waals surface area contributed by atoms with E-state index in [4.69, 9.17) is 9.47 Å². The van der Waals surface area contributed by atoms with Crippen molar-refractivity contribution in [1.29, 1.82) is 0 Å². The predicted molar refractivity (Wildman–Crippen MR) is 110 cm³/mol. The van der Waals surface area contributed by atoms with Crippen LogP contribution in [0.3, 0.4) is 0 Å². The van der Waals surface area contributed by atoms with Gasteiger partial charge in [-0.15, -0.1) is 0 Å². The van der Waals surface area contributed by atoms with Gasteiger partial charge >= 0.3 is 0 Å². The zero-order valence-corrected chi connectivity index (χ0v) is 17.2. The van der Waals surface area contributed by atoms with Gasteiger partial charge in [0.1, 0.15) is 24.6 Å². The lowest BCUT2D eigenvalue weighted by atomic mass is 10.2. The van der Waals surface area contributed by atoms with Gasteiger partial charge in [0.2, 0.25) is 0 Å². The summed E-state index contributed by atoms with van der Waals surface area (Å²) in [7, 11) is 1.56. The number of benzene rings is 2. The molecular formula is C19H18BrFN6O2. The second-order valence-corrected chi connectivity index (χ2v) is 7.16. The fourth-order valence-corrected chi connectivity index (χ4v) is 3.24. The van der Waals surface area contributed by atoms with Gasteiger partial charge in [0.15, 0.2) is 11.5 Å². The molecule has 150 valence electrons. The SMILES string of the molecule is COc1cc2c(Nc3ccc(Br)cc3F)ncnc2cc1OCCN1CCN=N1. The van der Waals surface area contributed by atoms with Crippen LogP contribution in [-0.4, -0.2) is 48.3 Å². The molecular weight excluding hydrogens is 443 g/mol. The Morgan fingerprint density at radius 3 is 2.86 bits per heavy atom. The van der Waals surface area contributed by atoms with E-state index in [1.807, 2.05) is 5.01 Å². The Labute approximate surface area is 174 Å². The second-order valence-electron chi connectivity index (χ2n) is 6.25. The van der Waals surface area contributed by atoms with E-state index >= 15 is 0 Å². The third-order valence-electron chi connectivity index (χ3n) is 4.36. The molecule has 0 aliphatic carbocycles. The summed E-state index contributed by atoms with van der Waals surface area (Å²) >= 11 is 3.25. The van der Waals surface area contributed by atoms with Crippen LogP contribution in [0.2, 0.25) is 0 Å². The number of ether oxygens (including phenoxy) is 2. The van der Waals surface area contributed by atoms with Crippen LogP contribution in [0.15, 0.2) is 51.5 Å². The number of anilines is 2. The van der Waals surface area contributed by atoms with E-state index in [1.54, 1.807) is 31.4 Å². The van der Waals surface area contributed by atoms with Gasteiger partial charge in [-0.1, -0.05) is 21.2 Å². The van der Waals surface area contributed by atoms with E-state index in [9.17, 15) is 4.39 Å². The summed E-state index contributed by atoms with van der Waals surface area (Å²) < 4.78 is 26.2. The smallest absolute Gasteiger partial charge is 0.163 e. The lowest BCUT2D eigenvalue weighted by Gasteiger charge is -2.16. The number of hydrogen-bond acceptors (Lipinski definition) is 8. The first kappa shape index (κ1) is 19.3. The van der Waals surface area contributed by atoms with Crippen LogP contribution in [0.5, 0.6) is 11.5 Å². The summed E-state index contributed by atoms with van der Waals surface area (Å²) in [6.45, 7) is 2.57. The maximum absolute atomic E-state index is 14.2. The lowest BCUT2D eigenvalue weighted by molar-refractivity contribution is 0.222. The van der Waals surface area contributed by atoms with Crippen molar-refractivity contribution in [2.75, 3.05) is 38.7 Å². The maximum atomic E-state index is 14.2. The summed E-state index contributed by atoms with van der Waals surface area (Å²) in [5, 5.41) is 13.5. The van der Waals surface area contributed by atoms with Crippen molar-refractivity contribution in [3.8, 4) is 11.5 Å². The van der Waals surface area contributed by atoms with Crippen molar-refractivity contribution >= 4 is 38.3 Å². The van der Waals surface area contributed by atoms with E-state index in [0.29, 0.717) is 58.1 Å². The molecule has 1 aliphatic heterocycles. The Morgan fingerprint density at radius 1 is 1.21 bits per heavy atom. The first-order chi connectivity index (χ1) is 14.1. The van der Waals surface area contributed by atoms with E-state index in [0.717, 1.165) is 6.54 Å². The predicted octanol–water partition coefficient (Wildman–Crippen LogP) is 4.35.